The number of para-hydroxylation sites is 2. The van der Waals surface area contributed by atoms with Gasteiger partial charge in [0.05, 0.1) is 23.5 Å². The zero-order valence-corrected chi connectivity index (χ0v) is 15.4. The number of benzene rings is 1. The third-order valence-electron chi connectivity index (χ3n) is 3.83. The summed E-state index contributed by atoms with van der Waals surface area (Å²) in [4.78, 5) is 9.11. The molecule has 1 aromatic carbocycles. The normalized spacial score (nSPS) is 12.5. The van der Waals surface area contributed by atoms with Crippen molar-refractivity contribution in [1.29, 1.82) is 0 Å². The molecule has 7 heteroatoms. The molecule has 0 saturated heterocycles. The maximum absolute atomic E-state index is 12.3. The number of fused-ring (bicyclic) bond motifs is 1. The number of rotatable bonds is 7. The van der Waals surface area contributed by atoms with Crippen molar-refractivity contribution in [2.45, 2.75) is 13.8 Å². The van der Waals surface area contributed by atoms with Gasteiger partial charge in [-0.2, -0.15) is 0 Å². The van der Waals surface area contributed by atoms with Crippen molar-refractivity contribution >= 4 is 22.4 Å². The molecule has 0 N–H and O–H groups in total. The first-order valence-corrected chi connectivity index (χ1v) is 9.63. The fourth-order valence-corrected chi connectivity index (χ4v) is 3.47. The van der Waals surface area contributed by atoms with E-state index in [-0.39, 0.29) is 0 Å². The van der Waals surface area contributed by atoms with Crippen LogP contribution in [-0.4, -0.2) is 44.6 Å². The molecular formula is C18H21N3O3S. The summed E-state index contributed by atoms with van der Waals surface area (Å²) in [5.41, 5.74) is 3.14. The third kappa shape index (κ3) is 3.63. The first-order valence-electron chi connectivity index (χ1n) is 8.11. The Balaban J connectivity index is 2.02. The van der Waals surface area contributed by atoms with Crippen molar-refractivity contribution < 1.29 is 14.0 Å². The number of ether oxygens (including phenoxy) is 2. The lowest BCUT2D eigenvalue weighted by atomic mass is 10.2. The third-order valence-corrected chi connectivity index (χ3v) is 4.72. The minimum Gasteiger partial charge on any atom is -0.593 e. The van der Waals surface area contributed by atoms with E-state index in [1.165, 1.54) is 0 Å². The van der Waals surface area contributed by atoms with E-state index in [9.17, 15) is 4.55 Å². The Morgan fingerprint density at radius 3 is 2.76 bits per heavy atom. The maximum atomic E-state index is 12.3. The monoisotopic (exact) mass is 359 g/mol. The average Bonchev–Trinajstić information content (AvgIpc) is 2.99. The molecule has 6 nitrogen and oxygen atoms in total. The van der Waals surface area contributed by atoms with Crippen LogP contribution >= 0.6 is 0 Å². The number of hydrogen-bond donors (Lipinski definition) is 0. The Hall–Kier alpha value is -2.09. The molecule has 0 saturated carbocycles. The summed E-state index contributed by atoms with van der Waals surface area (Å²) in [6, 6.07) is 9.45. The van der Waals surface area contributed by atoms with Crippen LogP contribution in [0.1, 0.15) is 12.5 Å². The molecule has 3 rings (SSSR count). The molecule has 0 amide bonds. The van der Waals surface area contributed by atoms with Gasteiger partial charge in [0, 0.05) is 18.4 Å². The Morgan fingerprint density at radius 2 is 2.00 bits per heavy atom. The van der Waals surface area contributed by atoms with Crippen LogP contribution in [0, 0.1) is 6.92 Å². The van der Waals surface area contributed by atoms with Gasteiger partial charge >= 0.3 is 0 Å². The summed E-state index contributed by atoms with van der Waals surface area (Å²) in [5, 5.41) is 0. The minimum absolute atomic E-state index is 0.467. The van der Waals surface area contributed by atoms with Gasteiger partial charge in [0.1, 0.15) is 29.8 Å². The van der Waals surface area contributed by atoms with Crippen molar-refractivity contribution in [3.63, 3.8) is 0 Å². The number of imidazole rings is 1. The summed E-state index contributed by atoms with van der Waals surface area (Å²) in [7, 11) is 0. The van der Waals surface area contributed by atoms with E-state index in [4.69, 9.17) is 9.47 Å². The molecule has 1 unspecified atom stereocenters. The lowest BCUT2D eigenvalue weighted by molar-refractivity contribution is 0.110. The summed E-state index contributed by atoms with van der Waals surface area (Å²) >= 11 is -1.25. The predicted molar refractivity (Wildman–Crippen MR) is 99.2 cm³/mol. The largest absolute Gasteiger partial charge is 0.593 e. The van der Waals surface area contributed by atoms with E-state index < -0.39 is 11.4 Å². The SMILES string of the molecule is CCOCCOc1ccnc(-c2nc3ccccc3n2[S+](C)[O-])c1C. The van der Waals surface area contributed by atoms with Crippen molar-refractivity contribution in [3.05, 3.63) is 42.1 Å². The van der Waals surface area contributed by atoms with Crippen LogP contribution in [0.3, 0.4) is 0 Å². The molecule has 0 aliphatic heterocycles. The summed E-state index contributed by atoms with van der Waals surface area (Å²) in [6.07, 6.45) is 3.32. The molecule has 132 valence electrons. The van der Waals surface area contributed by atoms with Crippen LogP contribution in [0.15, 0.2) is 36.5 Å². The summed E-state index contributed by atoms with van der Waals surface area (Å²) in [5.74, 6) is 1.31. The van der Waals surface area contributed by atoms with Crippen molar-refractivity contribution in [1.82, 2.24) is 13.9 Å². The van der Waals surface area contributed by atoms with Crippen molar-refractivity contribution in [2.24, 2.45) is 0 Å². The topological polar surface area (TPSA) is 72.2 Å². The molecule has 0 aliphatic rings. The highest BCUT2D eigenvalue weighted by Crippen LogP contribution is 2.30. The molecule has 2 heterocycles. The van der Waals surface area contributed by atoms with Gasteiger partial charge < -0.3 is 14.0 Å². The zero-order valence-electron chi connectivity index (χ0n) is 14.6. The summed E-state index contributed by atoms with van der Waals surface area (Å²) in [6.45, 7) is 5.54. The van der Waals surface area contributed by atoms with Crippen LogP contribution < -0.4 is 4.74 Å². The average molecular weight is 359 g/mol. The molecule has 0 radical (unpaired) electrons. The van der Waals surface area contributed by atoms with E-state index in [2.05, 4.69) is 9.97 Å². The van der Waals surface area contributed by atoms with Gasteiger partial charge in [-0.1, -0.05) is 12.1 Å². The fraction of sp³-hybridized carbons (Fsp3) is 0.333. The number of nitrogens with zero attached hydrogens (tertiary/aromatic N) is 3. The second kappa shape index (κ2) is 7.86. The van der Waals surface area contributed by atoms with Gasteiger partial charge in [-0.25, -0.2) is 4.98 Å². The van der Waals surface area contributed by atoms with Crippen LogP contribution in [0.2, 0.25) is 0 Å². The highest BCUT2D eigenvalue weighted by molar-refractivity contribution is 7.89. The second-order valence-electron chi connectivity index (χ2n) is 5.47. The fourth-order valence-electron chi connectivity index (χ4n) is 2.67. The van der Waals surface area contributed by atoms with Crippen LogP contribution in [0.25, 0.3) is 22.6 Å². The quantitative estimate of drug-likeness (QED) is 0.479. The highest BCUT2D eigenvalue weighted by Gasteiger charge is 2.22. The zero-order chi connectivity index (χ0) is 17.8. The van der Waals surface area contributed by atoms with Gasteiger partial charge in [0.15, 0.2) is 0 Å². The summed E-state index contributed by atoms with van der Waals surface area (Å²) < 4.78 is 25.1. The Kier molecular flexibility index (Phi) is 5.57. The van der Waals surface area contributed by atoms with E-state index in [0.717, 1.165) is 22.3 Å². The highest BCUT2D eigenvalue weighted by atomic mass is 32.2. The molecule has 0 aliphatic carbocycles. The molecule has 25 heavy (non-hydrogen) atoms. The first-order chi connectivity index (χ1) is 12.1. The van der Waals surface area contributed by atoms with Gasteiger partial charge in [-0.05, 0) is 32.0 Å². The van der Waals surface area contributed by atoms with E-state index in [1.807, 2.05) is 44.2 Å². The molecule has 3 aromatic rings. The Bertz CT molecular complexity index is 864. The number of aromatic nitrogens is 3. The molecule has 1 atom stereocenters. The molecule has 0 spiro atoms. The van der Waals surface area contributed by atoms with Crippen molar-refractivity contribution in [3.8, 4) is 17.3 Å². The van der Waals surface area contributed by atoms with Crippen LogP contribution in [0.4, 0.5) is 0 Å². The van der Waals surface area contributed by atoms with E-state index in [0.29, 0.717) is 31.3 Å². The lowest BCUT2D eigenvalue weighted by Gasteiger charge is -2.13. The van der Waals surface area contributed by atoms with Gasteiger partial charge in [-0.15, -0.1) is 3.97 Å². The second-order valence-corrected chi connectivity index (χ2v) is 6.68. The Morgan fingerprint density at radius 1 is 1.20 bits per heavy atom. The first kappa shape index (κ1) is 17.7. The van der Waals surface area contributed by atoms with Gasteiger partial charge in [0.2, 0.25) is 5.82 Å². The smallest absolute Gasteiger partial charge is 0.206 e. The van der Waals surface area contributed by atoms with Crippen LogP contribution in [0.5, 0.6) is 5.75 Å². The van der Waals surface area contributed by atoms with E-state index >= 15 is 0 Å². The van der Waals surface area contributed by atoms with Crippen molar-refractivity contribution in [2.75, 3.05) is 26.1 Å². The minimum atomic E-state index is -1.25. The predicted octanol–water partition coefficient (Wildman–Crippen LogP) is 2.96. The lowest BCUT2D eigenvalue weighted by Crippen LogP contribution is -2.13. The molecular weight excluding hydrogens is 338 g/mol. The Labute approximate surface area is 150 Å². The number of pyridine rings is 1. The molecule has 2 aromatic heterocycles. The maximum Gasteiger partial charge on any atom is 0.206 e. The van der Waals surface area contributed by atoms with Gasteiger partial charge in [-0.3, -0.25) is 4.98 Å². The van der Waals surface area contributed by atoms with Crippen LogP contribution in [-0.2, 0) is 16.1 Å². The molecule has 0 bridgehead atoms. The van der Waals surface area contributed by atoms with Gasteiger partial charge in [0.25, 0.3) is 0 Å². The number of hydrogen-bond acceptors (Lipinski definition) is 5. The standard InChI is InChI=1S/C18H21N3O3S/c1-4-23-11-12-24-16-9-10-19-17(13(16)2)18-20-14-7-5-6-8-15(14)21(18)25(3)22/h5-10H,4,11-12H2,1-3H3. The van der Waals surface area contributed by atoms with E-state index in [1.54, 1.807) is 16.4 Å². The molecule has 0 fully saturated rings.